The number of hydrogen-bond acceptors (Lipinski definition) is 5. The Labute approximate surface area is 164 Å². The molecule has 0 atom stereocenters. The Balaban J connectivity index is 2.09. The predicted octanol–water partition coefficient (Wildman–Crippen LogP) is 4.82. The number of para-hydroxylation sites is 2. The number of nitro groups is 1. The first-order valence-corrected chi connectivity index (χ1v) is 9.17. The van der Waals surface area contributed by atoms with Crippen LogP contribution in [-0.4, -0.2) is 24.0 Å². The second-order valence-electron chi connectivity index (χ2n) is 5.94. The van der Waals surface area contributed by atoms with Crippen LogP contribution in [0.15, 0.2) is 48.5 Å². The minimum absolute atomic E-state index is 0.150. The molecule has 7 heteroatoms. The number of carbonyl (C=O) groups is 1. The standard InChI is InChI=1S/C21H24N2O5/c1-3-5-14-28-19-12-10-16(15-20(19)27-4-2)11-13-21(24)22-17-8-6-7-9-18(17)23(25)26/h6-13,15H,3-5,14H2,1-2H3,(H,22,24)/b13-11+. The molecule has 0 aliphatic rings. The molecule has 0 saturated carbocycles. The molecule has 0 bridgehead atoms. The van der Waals surface area contributed by atoms with Crippen LogP contribution in [0.1, 0.15) is 32.3 Å². The molecule has 2 rings (SSSR count). The fraction of sp³-hybridized carbons (Fsp3) is 0.286. The molecule has 0 radical (unpaired) electrons. The van der Waals surface area contributed by atoms with E-state index in [2.05, 4.69) is 12.2 Å². The number of rotatable bonds is 10. The average Bonchev–Trinajstić information content (AvgIpc) is 2.68. The van der Waals surface area contributed by atoms with Gasteiger partial charge in [-0.05, 0) is 43.2 Å². The molecule has 148 valence electrons. The Morgan fingerprint density at radius 2 is 1.93 bits per heavy atom. The van der Waals surface area contributed by atoms with E-state index >= 15 is 0 Å². The van der Waals surface area contributed by atoms with Gasteiger partial charge in [0.25, 0.3) is 5.69 Å². The van der Waals surface area contributed by atoms with E-state index in [0.717, 1.165) is 18.4 Å². The first-order chi connectivity index (χ1) is 13.5. The first-order valence-electron chi connectivity index (χ1n) is 9.17. The van der Waals surface area contributed by atoms with Crippen LogP contribution in [0.5, 0.6) is 11.5 Å². The van der Waals surface area contributed by atoms with Crippen molar-refractivity contribution in [2.45, 2.75) is 26.7 Å². The van der Waals surface area contributed by atoms with E-state index in [4.69, 9.17) is 9.47 Å². The van der Waals surface area contributed by atoms with Crippen molar-refractivity contribution in [1.82, 2.24) is 0 Å². The van der Waals surface area contributed by atoms with Gasteiger partial charge in [0, 0.05) is 12.1 Å². The minimum atomic E-state index is -0.537. The van der Waals surface area contributed by atoms with E-state index in [1.807, 2.05) is 13.0 Å². The molecule has 0 heterocycles. The van der Waals surface area contributed by atoms with Gasteiger partial charge in [0.05, 0.1) is 18.1 Å². The first kappa shape index (κ1) is 21.0. The van der Waals surface area contributed by atoms with Crippen LogP contribution in [0.4, 0.5) is 11.4 Å². The highest BCUT2D eigenvalue weighted by molar-refractivity contribution is 6.03. The normalized spacial score (nSPS) is 10.6. The maximum Gasteiger partial charge on any atom is 0.292 e. The number of nitrogens with zero attached hydrogens (tertiary/aromatic N) is 1. The monoisotopic (exact) mass is 384 g/mol. The number of hydrogen-bond donors (Lipinski definition) is 1. The van der Waals surface area contributed by atoms with E-state index in [1.54, 1.807) is 30.3 Å². The van der Waals surface area contributed by atoms with E-state index in [-0.39, 0.29) is 11.4 Å². The van der Waals surface area contributed by atoms with Gasteiger partial charge in [-0.25, -0.2) is 0 Å². The molecule has 7 nitrogen and oxygen atoms in total. The van der Waals surface area contributed by atoms with Gasteiger partial charge in [-0.15, -0.1) is 0 Å². The summed E-state index contributed by atoms with van der Waals surface area (Å²) in [6, 6.07) is 11.4. The molecular weight excluding hydrogens is 360 g/mol. The summed E-state index contributed by atoms with van der Waals surface area (Å²) >= 11 is 0. The number of anilines is 1. The molecule has 0 saturated heterocycles. The van der Waals surface area contributed by atoms with Gasteiger partial charge in [0.2, 0.25) is 5.91 Å². The fourth-order valence-corrected chi connectivity index (χ4v) is 2.43. The van der Waals surface area contributed by atoms with Crippen molar-refractivity contribution in [3.63, 3.8) is 0 Å². The second kappa shape index (κ2) is 10.7. The lowest BCUT2D eigenvalue weighted by Gasteiger charge is -2.12. The van der Waals surface area contributed by atoms with Crippen molar-refractivity contribution in [1.29, 1.82) is 0 Å². The fourth-order valence-electron chi connectivity index (χ4n) is 2.43. The summed E-state index contributed by atoms with van der Waals surface area (Å²) < 4.78 is 11.4. The van der Waals surface area contributed by atoms with Crippen molar-refractivity contribution in [3.8, 4) is 11.5 Å². The van der Waals surface area contributed by atoms with E-state index in [0.29, 0.717) is 24.7 Å². The Bertz CT molecular complexity index is 848. The smallest absolute Gasteiger partial charge is 0.292 e. The third-order valence-corrected chi connectivity index (χ3v) is 3.81. The molecule has 1 amide bonds. The summed E-state index contributed by atoms with van der Waals surface area (Å²) in [4.78, 5) is 22.6. The van der Waals surface area contributed by atoms with Gasteiger partial charge in [-0.3, -0.25) is 14.9 Å². The maximum absolute atomic E-state index is 12.1. The molecule has 1 N–H and O–H groups in total. The van der Waals surface area contributed by atoms with Gasteiger partial charge >= 0.3 is 0 Å². The van der Waals surface area contributed by atoms with Gasteiger partial charge in [0.15, 0.2) is 11.5 Å². The van der Waals surface area contributed by atoms with Crippen LogP contribution in [0.25, 0.3) is 6.08 Å². The Morgan fingerprint density at radius 1 is 1.14 bits per heavy atom. The number of carbonyl (C=O) groups excluding carboxylic acids is 1. The van der Waals surface area contributed by atoms with Crippen LogP contribution in [0.2, 0.25) is 0 Å². The predicted molar refractivity (Wildman–Crippen MR) is 109 cm³/mol. The Kier molecular flexibility index (Phi) is 8.02. The molecule has 28 heavy (non-hydrogen) atoms. The average molecular weight is 384 g/mol. The zero-order valence-electron chi connectivity index (χ0n) is 16.0. The van der Waals surface area contributed by atoms with Crippen molar-refractivity contribution in [2.75, 3.05) is 18.5 Å². The van der Waals surface area contributed by atoms with Crippen molar-refractivity contribution in [2.24, 2.45) is 0 Å². The molecular formula is C21H24N2O5. The van der Waals surface area contributed by atoms with E-state index in [9.17, 15) is 14.9 Å². The van der Waals surface area contributed by atoms with Crippen LogP contribution < -0.4 is 14.8 Å². The van der Waals surface area contributed by atoms with Crippen LogP contribution in [0.3, 0.4) is 0 Å². The highest BCUT2D eigenvalue weighted by Gasteiger charge is 2.13. The summed E-state index contributed by atoms with van der Waals surface area (Å²) in [7, 11) is 0. The lowest BCUT2D eigenvalue weighted by Crippen LogP contribution is -2.09. The topological polar surface area (TPSA) is 90.7 Å². The molecule has 0 spiro atoms. The number of amides is 1. The van der Waals surface area contributed by atoms with Gasteiger partial charge in [-0.2, -0.15) is 0 Å². The zero-order valence-corrected chi connectivity index (χ0v) is 16.0. The molecule has 0 unspecified atom stereocenters. The van der Waals surface area contributed by atoms with Crippen molar-refractivity contribution < 1.29 is 19.2 Å². The zero-order chi connectivity index (χ0) is 20.4. The van der Waals surface area contributed by atoms with Crippen LogP contribution in [-0.2, 0) is 4.79 Å². The lowest BCUT2D eigenvalue weighted by atomic mass is 10.2. The Morgan fingerprint density at radius 3 is 2.64 bits per heavy atom. The molecule has 2 aromatic carbocycles. The summed E-state index contributed by atoms with van der Waals surface area (Å²) in [5.41, 5.74) is 0.747. The second-order valence-corrected chi connectivity index (χ2v) is 5.94. The minimum Gasteiger partial charge on any atom is -0.490 e. The number of nitrogens with one attached hydrogen (secondary N) is 1. The van der Waals surface area contributed by atoms with Gasteiger partial charge in [0.1, 0.15) is 5.69 Å². The number of nitro benzene ring substituents is 1. The Hall–Kier alpha value is -3.35. The molecule has 2 aromatic rings. The van der Waals surface area contributed by atoms with Gasteiger partial charge in [-0.1, -0.05) is 31.5 Å². The molecule has 0 fully saturated rings. The number of benzene rings is 2. The summed E-state index contributed by atoms with van der Waals surface area (Å²) in [5.74, 6) is 0.812. The van der Waals surface area contributed by atoms with Gasteiger partial charge < -0.3 is 14.8 Å². The lowest BCUT2D eigenvalue weighted by molar-refractivity contribution is -0.383. The molecule has 0 aliphatic heterocycles. The highest BCUT2D eigenvalue weighted by atomic mass is 16.6. The van der Waals surface area contributed by atoms with Crippen LogP contribution in [0, 0.1) is 10.1 Å². The largest absolute Gasteiger partial charge is 0.490 e. The number of unbranched alkanes of at least 4 members (excludes halogenated alkanes) is 1. The van der Waals surface area contributed by atoms with E-state index < -0.39 is 10.8 Å². The highest BCUT2D eigenvalue weighted by Crippen LogP contribution is 2.29. The van der Waals surface area contributed by atoms with Crippen LogP contribution >= 0.6 is 0 Å². The maximum atomic E-state index is 12.1. The summed E-state index contributed by atoms with van der Waals surface area (Å²) in [5, 5.41) is 13.5. The van der Waals surface area contributed by atoms with Crippen molar-refractivity contribution in [3.05, 3.63) is 64.2 Å². The number of ether oxygens (including phenoxy) is 2. The van der Waals surface area contributed by atoms with Crippen molar-refractivity contribution >= 4 is 23.4 Å². The SMILES string of the molecule is CCCCOc1ccc(/C=C/C(=O)Nc2ccccc2[N+](=O)[O-])cc1OCC. The third-order valence-electron chi connectivity index (χ3n) is 3.81. The quantitative estimate of drug-likeness (QED) is 0.274. The van der Waals surface area contributed by atoms with E-state index in [1.165, 1.54) is 18.2 Å². The molecule has 0 aliphatic carbocycles. The summed E-state index contributed by atoms with van der Waals surface area (Å²) in [6.07, 6.45) is 4.93. The third kappa shape index (κ3) is 6.12. The molecule has 0 aromatic heterocycles. The summed E-state index contributed by atoms with van der Waals surface area (Å²) in [6.45, 7) is 5.09.